The molecule has 0 aliphatic carbocycles. The number of rotatable bonds is 3. The number of likely N-dealkylation sites (tertiary alicyclic amines) is 1. The van der Waals surface area contributed by atoms with E-state index < -0.39 is 18.3 Å². The van der Waals surface area contributed by atoms with Gasteiger partial charge < -0.3 is 20.4 Å². The van der Waals surface area contributed by atoms with Gasteiger partial charge in [0, 0.05) is 19.6 Å². The van der Waals surface area contributed by atoms with Gasteiger partial charge in [0.05, 0.1) is 24.9 Å². The fourth-order valence-corrected chi connectivity index (χ4v) is 1.35. The normalized spacial score (nSPS) is 34.0. The summed E-state index contributed by atoms with van der Waals surface area (Å²) in [6.45, 7) is 0.726. The van der Waals surface area contributed by atoms with Gasteiger partial charge >= 0.3 is 0 Å². The van der Waals surface area contributed by atoms with Crippen LogP contribution >= 0.6 is 0 Å². The van der Waals surface area contributed by atoms with E-state index in [0.29, 0.717) is 19.6 Å². The Morgan fingerprint density at radius 1 is 1.25 bits per heavy atom. The molecular weight excluding hydrogens is 162 g/mol. The lowest BCUT2D eigenvalue weighted by Gasteiger charge is -2.17. The van der Waals surface area contributed by atoms with E-state index in [9.17, 15) is 0 Å². The highest BCUT2D eigenvalue weighted by atomic mass is 16.3. The van der Waals surface area contributed by atoms with Crippen molar-refractivity contribution in [3.8, 4) is 0 Å². The first-order valence-corrected chi connectivity index (χ1v) is 4.01. The molecule has 1 rings (SSSR count). The van der Waals surface area contributed by atoms with E-state index in [-0.39, 0.29) is 6.61 Å². The number of hydrogen-bond acceptors (Lipinski definition) is 5. The predicted octanol–water partition coefficient (Wildman–Crippen LogP) is -2.62. The van der Waals surface area contributed by atoms with Crippen molar-refractivity contribution in [3.05, 3.63) is 0 Å². The standard InChI is InChI=1S/C7H15NO4/c9-4-5(10)1-8-2-6(11)7(12)3-8/h5-7,9-12H,1-4H2. The largest absolute Gasteiger partial charge is 0.394 e. The van der Waals surface area contributed by atoms with Gasteiger partial charge in [0.2, 0.25) is 0 Å². The smallest absolute Gasteiger partial charge is 0.0938 e. The molecule has 1 saturated heterocycles. The van der Waals surface area contributed by atoms with Crippen LogP contribution in [0.25, 0.3) is 0 Å². The summed E-state index contributed by atoms with van der Waals surface area (Å²) in [5.74, 6) is 0. The Morgan fingerprint density at radius 3 is 2.17 bits per heavy atom. The third-order valence-corrected chi connectivity index (χ3v) is 2.01. The van der Waals surface area contributed by atoms with Gasteiger partial charge in [0.1, 0.15) is 0 Å². The molecule has 0 saturated carbocycles. The van der Waals surface area contributed by atoms with Crippen molar-refractivity contribution in [1.82, 2.24) is 4.90 Å². The topological polar surface area (TPSA) is 84.2 Å². The molecule has 0 amide bonds. The molecule has 1 heterocycles. The number of nitrogens with zero attached hydrogens (tertiary/aromatic N) is 1. The second-order valence-electron chi connectivity index (χ2n) is 3.19. The maximum absolute atomic E-state index is 9.12. The Balaban J connectivity index is 2.27. The summed E-state index contributed by atoms with van der Waals surface area (Å²) in [5, 5.41) is 35.8. The van der Waals surface area contributed by atoms with Crippen LogP contribution in [0.5, 0.6) is 0 Å². The minimum absolute atomic E-state index is 0.289. The summed E-state index contributed by atoms with van der Waals surface area (Å²) in [6.07, 6.45) is -2.24. The van der Waals surface area contributed by atoms with E-state index in [1.165, 1.54) is 0 Å². The van der Waals surface area contributed by atoms with Crippen molar-refractivity contribution in [2.24, 2.45) is 0 Å². The molecule has 5 heteroatoms. The molecule has 0 aromatic rings. The molecule has 0 aromatic carbocycles. The molecule has 0 radical (unpaired) electrons. The SMILES string of the molecule is OCC(O)CN1CC(O)C(O)C1. The third-order valence-electron chi connectivity index (χ3n) is 2.01. The monoisotopic (exact) mass is 177 g/mol. The molecule has 1 fully saturated rings. The Bertz CT molecular complexity index is 133. The quantitative estimate of drug-likeness (QED) is 0.379. The highest BCUT2D eigenvalue weighted by molar-refractivity contribution is 4.83. The van der Waals surface area contributed by atoms with Gasteiger partial charge in [-0.05, 0) is 0 Å². The summed E-state index contributed by atoms with van der Waals surface area (Å²) < 4.78 is 0. The Hall–Kier alpha value is -0.200. The van der Waals surface area contributed by atoms with Gasteiger partial charge in [-0.3, -0.25) is 4.90 Å². The average molecular weight is 177 g/mol. The molecule has 3 unspecified atom stereocenters. The number of hydrogen-bond donors (Lipinski definition) is 4. The Labute approximate surface area is 70.9 Å². The number of aliphatic hydroxyl groups excluding tert-OH is 4. The molecule has 5 nitrogen and oxygen atoms in total. The Kier molecular flexibility index (Phi) is 3.42. The zero-order chi connectivity index (χ0) is 9.14. The average Bonchev–Trinajstić information content (AvgIpc) is 2.31. The van der Waals surface area contributed by atoms with E-state index in [0.717, 1.165) is 0 Å². The number of β-amino-alcohol motifs (C(OH)–C–C–N with tert-alkyl or cyclic N) is 3. The molecule has 72 valence electrons. The van der Waals surface area contributed by atoms with Gasteiger partial charge in [0.25, 0.3) is 0 Å². The summed E-state index contributed by atoms with van der Waals surface area (Å²) in [6, 6.07) is 0. The molecule has 12 heavy (non-hydrogen) atoms. The van der Waals surface area contributed by atoms with Crippen LogP contribution in [0.2, 0.25) is 0 Å². The van der Waals surface area contributed by atoms with Crippen molar-refractivity contribution < 1.29 is 20.4 Å². The zero-order valence-corrected chi connectivity index (χ0v) is 6.80. The van der Waals surface area contributed by atoms with Crippen molar-refractivity contribution in [2.45, 2.75) is 18.3 Å². The number of aliphatic hydroxyl groups is 4. The van der Waals surface area contributed by atoms with Gasteiger partial charge in [-0.25, -0.2) is 0 Å². The van der Waals surface area contributed by atoms with Crippen LogP contribution < -0.4 is 0 Å². The Morgan fingerprint density at radius 2 is 1.75 bits per heavy atom. The lowest BCUT2D eigenvalue weighted by Crippen LogP contribution is -2.33. The van der Waals surface area contributed by atoms with Crippen LogP contribution in [0.1, 0.15) is 0 Å². The van der Waals surface area contributed by atoms with Gasteiger partial charge in [-0.2, -0.15) is 0 Å². The second kappa shape index (κ2) is 4.15. The molecule has 0 bridgehead atoms. The summed E-state index contributed by atoms with van der Waals surface area (Å²) in [5.41, 5.74) is 0. The van der Waals surface area contributed by atoms with Crippen LogP contribution in [-0.2, 0) is 0 Å². The van der Waals surface area contributed by atoms with Crippen molar-refractivity contribution in [1.29, 1.82) is 0 Å². The fourth-order valence-electron chi connectivity index (χ4n) is 1.35. The second-order valence-corrected chi connectivity index (χ2v) is 3.19. The van der Waals surface area contributed by atoms with Gasteiger partial charge in [-0.15, -0.1) is 0 Å². The van der Waals surface area contributed by atoms with E-state index in [1.54, 1.807) is 4.90 Å². The highest BCUT2D eigenvalue weighted by Gasteiger charge is 2.30. The fraction of sp³-hybridized carbons (Fsp3) is 1.00. The third kappa shape index (κ3) is 2.40. The van der Waals surface area contributed by atoms with Crippen LogP contribution in [0.15, 0.2) is 0 Å². The van der Waals surface area contributed by atoms with E-state index in [4.69, 9.17) is 20.4 Å². The van der Waals surface area contributed by atoms with Crippen LogP contribution in [0.3, 0.4) is 0 Å². The van der Waals surface area contributed by atoms with Crippen LogP contribution in [0.4, 0.5) is 0 Å². The van der Waals surface area contributed by atoms with Gasteiger partial charge in [0.15, 0.2) is 0 Å². The van der Waals surface area contributed by atoms with E-state index >= 15 is 0 Å². The molecular formula is C7H15NO4. The minimum atomic E-state index is -0.789. The van der Waals surface area contributed by atoms with Crippen molar-refractivity contribution in [2.75, 3.05) is 26.2 Å². The van der Waals surface area contributed by atoms with E-state index in [2.05, 4.69) is 0 Å². The molecule has 3 atom stereocenters. The first-order chi connectivity index (χ1) is 5.63. The maximum Gasteiger partial charge on any atom is 0.0938 e. The predicted molar refractivity (Wildman–Crippen MR) is 41.5 cm³/mol. The van der Waals surface area contributed by atoms with Crippen LogP contribution in [-0.4, -0.2) is 69.9 Å². The van der Waals surface area contributed by atoms with Crippen molar-refractivity contribution >= 4 is 0 Å². The molecule has 0 spiro atoms. The summed E-state index contributed by atoms with van der Waals surface area (Å²) >= 11 is 0. The lowest BCUT2D eigenvalue weighted by molar-refractivity contribution is 0.0572. The molecule has 1 aliphatic rings. The summed E-state index contributed by atoms with van der Waals surface area (Å²) in [4.78, 5) is 1.72. The molecule has 1 aliphatic heterocycles. The zero-order valence-electron chi connectivity index (χ0n) is 6.80. The van der Waals surface area contributed by atoms with Crippen LogP contribution in [0, 0.1) is 0 Å². The molecule has 0 aromatic heterocycles. The maximum atomic E-state index is 9.12. The minimum Gasteiger partial charge on any atom is -0.394 e. The summed E-state index contributed by atoms with van der Waals surface area (Å²) in [7, 11) is 0. The highest BCUT2D eigenvalue weighted by Crippen LogP contribution is 2.09. The van der Waals surface area contributed by atoms with Gasteiger partial charge in [-0.1, -0.05) is 0 Å². The van der Waals surface area contributed by atoms with E-state index in [1.807, 2.05) is 0 Å². The molecule has 4 N–H and O–H groups in total. The van der Waals surface area contributed by atoms with Crippen molar-refractivity contribution in [3.63, 3.8) is 0 Å². The lowest BCUT2D eigenvalue weighted by atomic mass is 10.3. The first-order valence-electron chi connectivity index (χ1n) is 4.01. The first kappa shape index (κ1) is 9.88.